The van der Waals surface area contributed by atoms with Crippen LogP contribution in [0.4, 0.5) is 21.6 Å². The van der Waals surface area contributed by atoms with Crippen molar-refractivity contribution in [2.75, 3.05) is 24.9 Å². The largest absolute Gasteiger partial charge is 0.493 e. The highest BCUT2D eigenvalue weighted by Crippen LogP contribution is 2.31. The summed E-state index contributed by atoms with van der Waals surface area (Å²) >= 11 is 0. The molecule has 0 saturated heterocycles. The van der Waals surface area contributed by atoms with Crippen LogP contribution in [0.1, 0.15) is 10.4 Å². The van der Waals surface area contributed by atoms with E-state index >= 15 is 0 Å². The number of hydrogen-bond donors (Lipinski definition) is 2. The predicted molar refractivity (Wildman–Crippen MR) is 101 cm³/mol. The fourth-order valence-electron chi connectivity index (χ4n) is 2.45. The van der Waals surface area contributed by atoms with Crippen molar-refractivity contribution in [1.29, 1.82) is 0 Å². The Balaban J connectivity index is 1.69. The van der Waals surface area contributed by atoms with Gasteiger partial charge in [-0.1, -0.05) is 12.1 Å². The first-order chi connectivity index (χ1) is 13.1. The van der Waals surface area contributed by atoms with Crippen molar-refractivity contribution in [3.63, 3.8) is 0 Å². The predicted octanol–water partition coefficient (Wildman–Crippen LogP) is 4.23. The van der Waals surface area contributed by atoms with Gasteiger partial charge in [0.2, 0.25) is 0 Å². The third-order valence-electron chi connectivity index (χ3n) is 3.80. The van der Waals surface area contributed by atoms with Crippen LogP contribution < -0.4 is 20.1 Å². The smallest absolute Gasteiger partial charge is 0.259 e. The molecule has 0 radical (unpaired) electrons. The highest BCUT2D eigenvalue weighted by Gasteiger charge is 2.11. The lowest BCUT2D eigenvalue weighted by molar-refractivity contribution is 0.102. The molecule has 0 bridgehead atoms. The molecule has 2 aromatic carbocycles. The SMILES string of the molecule is COc1ccc(Nc2ccc(NC(=O)c3ccccc3F)nc2)cc1OC. The van der Waals surface area contributed by atoms with Crippen LogP contribution in [0, 0.1) is 5.82 Å². The van der Waals surface area contributed by atoms with Crippen LogP contribution in [-0.2, 0) is 0 Å². The van der Waals surface area contributed by atoms with E-state index in [4.69, 9.17) is 9.47 Å². The Labute approximate surface area is 156 Å². The maximum absolute atomic E-state index is 13.7. The zero-order valence-corrected chi connectivity index (χ0v) is 14.8. The topological polar surface area (TPSA) is 72.5 Å². The Bertz CT molecular complexity index is 945. The van der Waals surface area contributed by atoms with Crippen molar-refractivity contribution >= 4 is 23.1 Å². The standard InChI is InChI=1S/C20H18FN3O3/c1-26-17-9-7-13(11-18(17)27-2)23-14-8-10-19(22-12-14)24-20(25)15-5-3-4-6-16(15)21/h3-12,23H,1-2H3,(H,22,24,25). The van der Waals surface area contributed by atoms with E-state index in [-0.39, 0.29) is 5.56 Å². The highest BCUT2D eigenvalue weighted by molar-refractivity contribution is 6.03. The summed E-state index contributed by atoms with van der Waals surface area (Å²) in [5.74, 6) is 0.417. The van der Waals surface area contributed by atoms with Crippen LogP contribution >= 0.6 is 0 Å². The number of pyridine rings is 1. The van der Waals surface area contributed by atoms with Crippen LogP contribution in [0.2, 0.25) is 0 Å². The molecule has 7 heteroatoms. The van der Waals surface area contributed by atoms with Crippen molar-refractivity contribution in [3.05, 3.63) is 72.2 Å². The van der Waals surface area contributed by atoms with E-state index in [0.717, 1.165) is 5.69 Å². The summed E-state index contributed by atoms with van der Waals surface area (Å²) in [6, 6.07) is 14.6. The molecule has 1 aromatic heterocycles. The van der Waals surface area contributed by atoms with Crippen LogP contribution in [0.5, 0.6) is 11.5 Å². The van der Waals surface area contributed by atoms with Crippen LogP contribution in [0.15, 0.2) is 60.8 Å². The summed E-state index contributed by atoms with van der Waals surface area (Å²) in [5.41, 5.74) is 1.47. The number of anilines is 3. The summed E-state index contributed by atoms with van der Waals surface area (Å²) in [7, 11) is 3.14. The second-order valence-electron chi connectivity index (χ2n) is 5.56. The van der Waals surface area contributed by atoms with E-state index in [0.29, 0.717) is 23.0 Å². The number of halogens is 1. The van der Waals surface area contributed by atoms with Gasteiger partial charge in [0, 0.05) is 11.8 Å². The molecule has 3 rings (SSSR count). The van der Waals surface area contributed by atoms with Crippen molar-refractivity contribution in [3.8, 4) is 11.5 Å². The molecule has 6 nitrogen and oxygen atoms in total. The number of methoxy groups -OCH3 is 2. The second kappa shape index (κ2) is 8.18. The lowest BCUT2D eigenvalue weighted by atomic mass is 10.2. The molecule has 1 heterocycles. The number of ether oxygens (including phenoxy) is 2. The zero-order valence-electron chi connectivity index (χ0n) is 14.8. The van der Waals surface area contributed by atoms with E-state index in [1.54, 1.807) is 50.7 Å². The monoisotopic (exact) mass is 367 g/mol. The third kappa shape index (κ3) is 4.33. The van der Waals surface area contributed by atoms with E-state index < -0.39 is 11.7 Å². The van der Waals surface area contributed by atoms with Gasteiger partial charge in [0.15, 0.2) is 11.5 Å². The van der Waals surface area contributed by atoms with Crippen LogP contribution in [0.3, 0.4) is 0 Å². The van der Waals surface area contributed by atoms with Gasteiger partial charge >= 0.3 is 0 Å². The van der Waals surface area contributed by atoms with E-state index in [1.165, 1.54) is 18.2 Å². The molecule has 0 aliphatic rings. The molecule has 0 fully saturated rings. The third-order valence-corrected chi connectivity index (χ3v) is 3.80. The number of nitrogens with one attached hydrogen (secondary N) is 2. The lowest BCUT2D eigenvalue weighted by Crippen LogP contribution is -2.14. The van der Waals surface area contributed by atoms with Crippen molar-refractivity contribution in [2.24, 2.45) is 0 Å². The quantitative estimate of drug-likeness (QED) is 0.682. The normalized spacial score (nSPS) is 10.2. The summed E-state index contributed by atoms with van der Waals surface area (Å²) in [6.45, 7) is 0. The molecule has 3 aromatic rings. The Morgan fingerprint density at radius 2 is 1.70 bits per heavy atom. The average molecular weight is 367 g/mol. The second-order valence-corrected chi connectivity index (χ2v) is 5.56. The molecule has 0 aliphatic carbocycles. The van der Waals surface area contributed by atoms with Gasteiger partial charge in [-0.05, 0) is 36.4 Å². The molecule has 27 heavy (non-hydrogen) atoms. The van der Waals surface area contributed by atoms with Crippen LogP contribution in [-0.4, -0.2) is 25.1 Å². The maximum Gasteiger partial charge on any atom is 0.259 e. The number of amides is 1. The number of rotatable bonds is 6. The van der Waals surface area contributed by atoms with Gasteiger partial charge in [0.1, 0.15) is 11.6 Å². The number of nitrogens with zero attached hydrogens (tertiary/aromatic N) is 1. The molecule has 0 aliphatic heterocycles. The molecule has 0 spiro atoms. The number of aromatic nitrogens is 1. The summed E-state index contributed by atoms with van der Waals surface area (Å²) in [5, 5.41) is 5.75. The van der Waals surface area contributed by atoms with Crippen molar-refractivity contribution < 1.29 is 18.7 Å². The minimum Gasteiger partial charge on any atom is -0.493 e. The molecule has 2 N–H and O–H groups in total. The van der Waals surface area contributed by atoms with Crippen molar-refractivity contribution in [1.82, 2.24) is 4.98 Å². The van der Waals surface area contributed by atoms with Gasteiger partial charge in [-0.15, -0.1) is 0 Å². The van der Waals surface area contributed by atoms with Gasteiger partial charge in [-0.25, -0.2) is 9.37 Å². The Morgan fingerprint density at radius 1 is 0.963 bits per heavy atom. The maximum atomic E-state index is 13.7. The fraction of sp³-hybridized carbons (Fsp3) is 0.100. The molecular weight excluding hydrogens is 349 g/mol. The first-order valence-corrected chi connectivity index (χ1v) is 8.11. The summed E-state index contributed by atoms with van der Waals surface area (Å²) < 4.78 is 24.1. The van der Waals surface area contributed by atoms with Crippen molar-refractivity contribution in [2.45, 2.75) is 0 Å². The Morgan fingerprint density at radius 3 is 2.37 bits per heavy atom. The molecule has 138 valence electrons. The molecular formula is C20H18FN3O3. The number of benzene rings is 2. The fourth-order valence-corrected chi connectivity index (χ4v) is 2.45. The highest BCUT2D eigenvalue weighted by atomic mass is 19.1. The van der Waals surface area contributed by atoms with E-state index in [1.807, 2.05) is 6.07 Å². The minimum absolute atomic E-state index is 0.0353. The Hall–Kier alpha value is -3.61. The van der Waals surface area contributed by atoms with Gasteiger partial charge < -0.3 is 20.1 Å². The van der Waals surface area contributed by atoms with Gasteiger partial charge in [0.25, 0.3) is 5.91 Å². The molecule has 0 atom stereocenters. The van der Waals surface area contributed by atoms with Gasteiger partial charge in [0.05, 0.1) is 31.7 Å². The number of hydrogen-bond acceptors (Lipinski definition) is 5. The van der Waals surface area contributed by atoms with Gasteiger partial charge in [-0.3, -0.25) is 4.79 Å². The summed E-state index contributed by atoms with van der Waals surface area (Å²) in [4.78, 5) is 16.3. The molecule has 1 amide bonds. The van der Waals surface area contributed by atoms with Gasteiger partial charge in [-0.2, -0.15) is 0 Å². The van der Waals surface area contributed by atoms with E-state index in [9.17, 15) is 9.18 Å². The summed E-state index contributed by atoms with van der Waals surface area (Å²) in [6.07, 6.45) is 1.56. The Kier molecular flexibility index (Phi) is 5.51. The molecule has 0 saturated carbocycles. The average Bonchev–Trinajstić information content (AvgIpc) is 2.69. The first kappa shape index (κ1) is 18.2. The van der Waals surface area contributed by atoms with E-state index in [2.05, 4.69) is 15.6 Å². The first-order valence-electron chi connectivity index (χ1n) is 8.11. The molecule has 0 unspecified atom stereocenters. The number of carbonyl (C=O) groups is 1. The van der Waals surface area contributed by atoms with Crippen LogP contribution in [0.25, 0.3) is 0 Å². The lowest BCUT2D eigenvalue weighted by Gasteiger charge is -2.11. The number of carbonyl (C=O) groups excluding carboxylic acids is 1. The minimum atomic E-state index is -0.582. The zero-order chi connectivity index (χ0) is 19.2.